The molecule has 2 aliphatic heterocycles. The number of nitro benzene ring substituents is 1. The van der Waals surface area contributed by atoms with E-state index in [1.54, 1.807) is 24.5 Å². The van der Waals surface area contributed by atoms with Gasteiger partial charge in [0, 0.05) is 18.7 Å². The number of fused-ring (bicyclic) bond motifs is 2. The maximum atomic E-state index is 11.3. The molecule has 1 unspecified atom stereocenters. The topological polar surface area (TPSA) is 55.6 Å². The van der Waals surface area contributed by atoms with Crippen LogP contribution in [0.3, 0.4) is 0 Å². The zero-order valence-corrected chi connectivity index (χ0v) is 12.9. The predicted molar refractivity (Wildman–Crippen MR) is 83.2 cm³/mol. The number of benzene rings is 1. The van der Waals surface area contributed by atoms with Crippen LogP contribution in [0.15, 0.2) is 42.3 Å². The second kappa shape index (κ2) is 5.55. The molecule has 116 valence electrons. The minimum atomic E-state index is -0.320. The number of likely N-dealkylation sites (N-methyl/N-ethyl adjacent to an activating group) is 1. The SMILES string of the molecule is CN(C)CC[N+]12CC=CC1=COc1cccc([N+](=O)[O-])c1C2. The van der Waals surface area contributed by atoms with E-state index >= 15 is 0 Å². The van der Waals surface area contributed by atoms with Crippen LogP contribution in [0.2, 0.25) is 0 Å². The summed E-state index contributed by atoms with van der Waals surface area (Å²) in [6, 6.07) is 5.03. The standard InChI is InChI=1S/C16H20N3O3/c1-17(2)8-10-19-9-4-5-13(19)12-22-16-7-3-6-15(18(20)21)14(16)11-19/h3-7,12H,8-11H2,1-2H3/q+1. The van der Waals surface area contributed by atoms with Gasteiger partial charge in [0.2, 0.25) is 0 Å². The van der Waals surface area contributed by atoms with Crippen molar-refractivity contribution in [1.29, 1.82) is 0 Å². The second-order valence-electron chi connectivity index (χ2n) is 6.09. The molecule has 6 heteroatoms. The Bertz CT molecular complexity index is 667. The smallest absolute Gasteiger partial charge is 0.282 e. The third kappa shape index (κ3) is 2.51. The fourth-order valence-corrected chi connectivity index (χ4v) is 3.06. The summed E-state index contributed by atoms with van der Waals surface area (Å²) in [5.41, 5.74) is 1.90. The zero-order valence-electron chi connectivity index (χ0n) is 12.9. The molecule has 0 saturated heterocycles. The first-order valence-corrected chi connectivity index (χ1v) is 7.33. The number of allylic oxidation sites excluding steroid dienone is 1. The van der Waals surface area contributed by atoms with E-state index in [1.807, 2.05) is 14.1 Å². The van der Waals surface area contributed by atoms with Crippen molar-refractivity contribution in [2.75, 3.05) is 33.7 Å². The van der Waals surface area contributed by atoms with Gasteiger partial charge in [0.05, 0.1) is 11.5 Å². The van der Waals surface area contributed by atoms with Crippen LogP contribution >= 0.6 is 0 Å². The lowest BCUT2D eigenvalue weighted by Gasteiger charge is -2.34. The van der Waals surface area contributed by atoms with Crippen molar-refractivity contribution in [3.8, 4) is 5.75 Å². The average molecular weight is 302 g/mol. The van der Waals surface area contributed by atoms with E-state index in [1.165, 1.54) is 0 Å². The monoisotopic (exact) mass is 302 g/mol. The van der Waals surface area contributed by atoms with Gasteiger partial charge in [-0.25, -0.2) is 0 Å². The van der Waals surface area contributed by atoms with Crippen LogP contribution in [0.25, 0.3) is 0 Å². The molecule has 0 fully saturated rings. The van der Waals surface area contributed by atoms with Crippen molar-refractivity contribution < 1.29 is 14.1 Å². The molecule has 0 aromatic heterocycles. The Morgan fingerprint density at radius 2 is 2.23 bits per heavy atom. The number of ether oxygens (including phenoxy) is 1. The molecule has 1 atom stereocenters. The Labute approximate surface area is 129 Å². The van der Waals surface area contributed by atoms with Crippen molar-refractivity contribution in [3.63, 3.8) is 0 Å². The number of nitrogens with zero attached hydrogens (tertiary/aromatic N) is 3. The molecule has 0 spiro atoms. The largest absolute Gasteiger partial charge is 0.458 e. The highest BCUT2D eigenvalue weighted by molar-refractivity contribution is 5.50. The maximum Gasteiger partial charge on any atom is 0.282 e. The van der Waals surface area contributed by atoms with E-state index in [-0.39, 0.29) is 10.6 Å². The zero-order chi connectivity index (χ0) is 15.7. The molecule has 0 amide bonds. The average Bonchev–Trinajstić information content (AvgIpc) is 2.80. The minimum Gasteiger partial charge on any atom is -0.458 e. The lowest BCUT2D eigenvalue weighted by molar-refractivity contribution is -0.892. The summed E-state index contributed by atoms with van der Waals surface area (Å²) in [6.07, 6.45) is 5.92. The van der Waals surface area contributed by atoms with Crippen molar-refractivity contribution >= 4 is 5.69 Å². The number of rotatable bonds is 4. The number of nitro groups is 1. The Morgan fingerprint density at radius 1 is 1.41 bits per heavy atom. The highest BCUT2D eigenvalue weighted by atomic mass is 16.6. The van der Waals surface area contributed by atoms with Gasteiger partial charge < -0.3 is 9.64 Å². The van der Waals surface area contributed by atoms with Gasteiger partial charge in [0.1, 0.15) is 24.4 Å². The molecule has 0 aliphatic carbocycles. The second-order valence-corrected chi connectivity index (χ2v) is 6.09. The molecule has 0 N–H and O–H groups in total. The van der Waals surface area contributed by atoms with Gasteiger partial charge in [-0.15, -0.1) is 0 Å². The van der Waals surface area contributed by atoms with Crippen LogP contribution in [0.4, 0.5) is 5.69 Å². The predicted octanol–water partition coefficient (Wildman–Crippen LogP) is 2.28. The summed E-state index contributed by atoms with van der Waals surface area (Å²) in [5.74, 6) is 0.590. The molecule has 0 radical (unpaired) electrons. The lowest BCUT2D eigenvalue weighted by Crippen LogP contribution is -2.47. The van der Waals surface area contributed by atoms with Crippen LogP contribution in [0, 0.1) is 10.1 Å². The van der Waals surface area contributed by atoms with Gasteiger partial charge in [0.25, 0.3) is 5.69 Å². The van der Waals surface area contributed by atoms with Crippen LogP contribution in [-0.2, 0) is 6.54 Å². The molecular weight excluding hydrogens is 282 g/mol. The van der Waals surface area contributed by atoms with E-state index < -0.39 is 0 Å². The number of hydrogen-bond acceptors (Lipinski definition) is 4. The van der Waals surface area contributed by atoms with Gasteiger partial charge in [-0.05, 0) is 26.2 Å². The maximum absolute atomic E-state index is 11.3. The van der Waals surface area contributed by atoms with Gasteiger partial charge in [0.15, 0.2) is 12.0 Å². The van der Waals surface area contributed by atoms with E-state index in [0.717, 1.165) is 25.3 Å². The van der Waals surface area contributed by atoms with E-state index in [4.69, 9.17) is 4.74 Å². The van der Waals surface area contributed by atoms with Crippen molar-refractivity contribution in [2.45, 2.75) is 6.54 Å². The quantitative estimate of drug-likeness (QED) is 0.486. The molecule has 2 heterocycles. The number of quaternary nitrogens is 1. The Kier molecular flexibility index (Phi) is 3.72. The molecule has 2 aliphatic rings. The van der Waals surface area contributed by atoms with Crippen LogP contribution < -0.4 is 4.74 Å². The highest BCUT2D eigenvalue weighted by Crippen LogP contribution is 2.38. The van der Waals surface area contributed by atoms with Gasteiger partial charge >= 0.3 is 0 Å². The first-order valence-electron chi connectivity index (χ1n) is 7.33. The minimum absolute atomic E-state index is 0.140. The Morgan fingerprint density at radius 3 is 2.95 bits per heavy atom. The van der Waals surface area contributed by atoms with Gasteiger partial charge in [-0.3, -0.25) is 14.6 Å². The van der Waals surface area contributed by atoms with Crippen molar-refractivity contribution in [1.82, 2.24) is 4.90 Å². The molecular formula is C16H20N3O3+. The molecule has 6 nitrogen and oxygen atoms in total. The van der Waals surface area contributed by atoms with Crippen LogP contribution in [0.5, 0.6) is 5.75 Å². The van der Waals surface area contributed by atoms with Crippen LogP contribution in [-0.4, -0.2) is 48.0 Å². The molecule has 22 heavy (non-hydrogen) atoms. The summed E-state index contributed by atoms with van der Waals surface area (Å²) in [4.78, 5) is 13.2. The third-order valence-corrected chi connectivity index (χ3v) is 4.34. The van der Waals surface area contributed by atoms with Crippen LogP contribution in [0.1, 0.15) is 5.56 Å². The fourth-order valence-electron chi connectivity index (χ4n) is 3.06. The molecule has 1 aromatic rings. The first kappa shape index (κ1) is 14.7. The first-order chi connectivity index (χ1) is 10.5. The van der Waals surface area contributed by atoms with E-state index in [9.17, 15) is 10.1 Å². The summed E-state index contributed by atoms with van der Waals surface area (Å²) in [6.45, 7) is 3.23. The molecule has 0 bridgehead atoms. The summed E-state index contributed by atoms with van der Waals surface area (Å²) >= 11 is 0. The molecule has 3 rings (SSSR count). The van der Waals surface area contributed by atoms with E-state index in [0.29, 0.717) is 22.3 Å². The highest BCUT2D eigenvalue weighted by Gasteiger charge is 2.40. The van der Waals surface area contributed by atoms with Gasteiger partial charge in [-0.1, -0.05) is 6.07 Å². The molecule has 0 saturated carbocycles. The summed E-state index contributed by atoms with van der Waals surface area (Å²) in [5, 5.41) is 11.3. The third-order valence-electron chi connectivity index (χ3n) is 4.34. The Balaban J connectivity index is 2.02. The Hall–Kier alpha value is -2.18. The molecule has 1 aromatic carbocycles. The fraction of sp³-hybridized carbons (Fsp3) is 0.375. The summed E-state index contributed by atoms with van der Waals surface area (Å²) in [7, 11) is 4.08. The van der Waals surface area contributed by atoms with Crippen molar-refractivity contribution in [3.05, 3.63) is 58.0 Å². The van der Waals surface area contributed by atoms with Gasteiger partial charge in [-0.2, -0.15) is 0 Å². The summed E-state index contributed by atoms with van der Waals surface area (Å²) < 4.78 is 6.41. The lowest BCUT2D eigenvalue weighted by atomic mass is 10.1. The normalized spacial score (nSPS) is 22.6. The van der Waals surface area contributed by atoms with E-state index in [2.05, 4.69) is 17.1 Å². The number of hydrogen-bond donors (Lipinski definition) is 0. The van der Waals surface area contributed by atoms with Crippen molar-refractivity contribution in [2.24, 2.45) is 0 Å².